The van der Waals surface area contributed by atoms with Gasteiger partial charge in [-0.1, -0.05) is 42.5 Å². The molecule has 0 aromatic heterocycles. The molecule has 0 fully saturated rings. The van der Waals surface area contributed by atoms with Crippen LogP contribution >= 0.6 is 11.9 Å². The topological polar surface area (TPSA) is 82.0 Å². The maximum atomic E-state index is 11.1. The van der Waals surface area contributed by atoms with Gasteiger partial charge in [0.1, 0.15) is 5.75 Å². The second kappa shape index (κ2) is 15.2. The van der Waals surface area contributed by atoms with Gasteiger partial charge in [-0.05, 0) is 118 Å². The molecule has 0 saturated carbocycles. The first-order valence-electron chi connectivity index (χ1n) is 13.9. The fourth-order valence-electron chi connectivity index (χ4n) is 4.84. The van der Waals surface area contributed by atoms with E-state index in [1.165, 1.54) is 5.56 Å². The lowest BCUT2D eigenvalue weighted by Gasteiger charge is -2.29. The van der Waals surface area contributed by atoms with Gasteiger partial charge in [-0.2, -0.15) is 0 Å². The first-order chi connectivity index (χ1) is 19.1. The summed E-state index contributed by atoms with van der Waals surface area (Å²) in [5, 5.41) is 23.3. The van der Waals surface area contributed by atoms with Crippen LogP contribution in [-0.2, 0) is 17.6 Å². The molecule has 3 aromatic carbocycles. The number of hydrogen-bond acceptors (Lipinski definition) is 6. The van der Waals surface area contributed by atoms with Crippen LogP contribution in [-0.4, -0.2) is 59.4 Å². The van der Waals surface area contributed by atoms with E-state index in [1.54, 1.807) is 19.1 Å². The number of β-amino-alcohol motifs (C(OH)–C–C–N with tert-alkyl or cyclic N) is 1. The highest BCUT2D eigenvalue weighted by atomic mass is 32.2. The number of aliphatic carboxylic acids is 1. The summed E-state index contributed by atoms with van der Waals surface area (Å²) in [5.74, 6) is -0.113. The molecule has 3 rings (SSSR count). The molecule has 7 heteroatoms. The zero-order valence-corrected chi connectivity index (χ0v) is 25.3. The summed E-state index contributed by atoms with van der Waals surface area (Å²) >= 11 is 1.62. The van der Waals surface area contributed by atoms with E-state index in [0.717, 1.165) is 46.4 Å². The molecule has 0 aliphatic carbocycles. The number of carboxylic acid groups (broad SMARTS) is 1. The number of aliphatic hydroxyl groups is 1. The molecule has 3 N–H and O–H groups in total. The molecule has 40 heavy (non-hydrogen) atoms. The molecule has 0 bridgehead atoms. The van der Waals surface area contributed by atoms with E-state index in [0.29, 0.717) is 25.3 Å². The Hall–Kier alpha value is -2.84. The van der Waals surface area contributed by atoms with Crippen molar-refractivity contribution in [3.63, 3.8) is 0 Å². The second-order valence-corrected chi connectivity index (χ2v) is 12.3. The number of aryl methyl sites for hydroxylation is 3. The fraction of sp³-hybridized carbons (Fsp3) is 0.424. The minimum absolute atomic E-state index is 0.0383. The number of likely N-dealkylation sites (N-methyl/N-ethyl adjacent to an activating group) is 1. The standard InChI is InChI=1S/C33H44N2O4S/c1-24-20-29(15-16-30(24)26-13-17-31(39-5)27(21-26)14-18-32(37)38)40-35(4)23-28(36)22-34-33(2,3)19-9-12-25-10-7-6-8-11-25/h6-8,10-11,13,15-17,20-21,28,34,36H,9,12,14,18-19,22-23H2,1-5H3,(H,37,38). The van der Waals surface area contributed by atoms with Gasteiger partial charge in [0.05, 0.1) is 13.2 Å². The molecule has 3 aromatic rings. The highest BCUT2D eigenvalue weighted by Gasteiger charge is 2.19. The Labute approximate surface area is 243 Å². The number of carboxylic acids is 1. The third-order valence-electron chi connectivity index (χ3n) is 7.05. The van der Waals surface area contributed by atoms with Crippen molar-refractivity contribution in [3.8, 4) is 16.9 Å². The zero-order chi connectivity index (χ0) is 29.1. The SMILES string of the molecule is COc1ccc(-c2ccc(SN(C)CC(O)CNC(C)(C)CCCc3ccccc3)cc2C)cc1CCC(=O)O. The Kier molecular flexibility index (Phi) is 12.1. The van der Waals surface area contributed by atoms with Gasteiger partial charge in [0, 0.05) is 29.9 Å². The van der Waals surface area contributed by atoms with Crippen LogP contribution in [0.25, 0.3) is 11.1 Å². The highest BCUT2D eigenvalue weighted by Crippen LogP contribution is 2.32. The van der Waals surface area contributed by atoms with Gasteiger partial charge in [0.15, 0.2) is 0 Å². The molecule has 0 saturated heterocycles. The fourth-order valence-corrected chi connectivity index (χ4v) is 5.80. The molecular weight excluding hydrogens is 520 g/mol. The molecule has 0 spiro atoms. The zero-order valence-electron chi connectivity index (χ0n) is 24.4. The van der Waals surface area contributed by atoms with Gasteiger partial charge in [-0.15, -0.1) is 0 Å². The van der Waals surface area contributed by atoms with Crippen molar-refractivity contribution in [2.45, 2.75) is 69.4 Å². The summed E-state index contributed by atoms with van der Waals surface area (Å²) < 4.78 is 7.51. The first-order valence-corrected chi connectivity index (χ1v) is 14.7. The van der Waals surface area contributed by atoms with E-state index in [9.17, 15) is 9.90 Å². The van der Waals surface area contributed by atoms with Gasteiger partial charge in [-0.25, -0.2) is 4.31 Å². The number of aliphatic hydroxyl groups excluding tert-OH is 1. The van der Waals surface area contributed by atoms with Gasteiger partial charge >= 0.3 is 5.97 Å². The Bertz CT molecular complexity index is 1230. The summed E-state index contributed by atoms with van der Waals surface area (Å²) in [6.45, 7) is 7.57. The lowest BCUT2D eigenvalue weighted by atomic mass is 9.95. The van der Waals surface area contributed by atoms with Gasteiger partial charge in [0.25, 0.3) is 0 Å². The predicted molar refractivity (Wildman–Crippen MR) is 165 cm³/mol. The van der Waals surface area contributed by atoms with Crippen LogP contribution in [0.15, 0.2) is 71.6 Å². The number of ether oxygens (including phenoxy) is 1. The molecule has 1 unspecified atom stereocenters. The minimum Gasteiger partial charge on any atom is -0.496 e. The van der Waals surface area contributed by atoms with Crippen LogP contribution in [0.1, 0.15) is 49.8 Å². The van der Waals surface area contributed by atoms with Crippen molar-refractivity contribution in [2.75, 3.05) is 27.2 Å². The molecule has 1 atom stereocenters. The average Bonchev–Trinajstić information content (AvgIpc) is 2.91. The van der Waals surface area contributed by atoms with Crippen molar-refractivity contribution < 1.29 is 19.7 Å². The number of nitrogens with zero attached hydrogens (tertiary/aromatic N) is 1. The van der Waals surface area contributed by atoms with E-state index in [1.807, 2.05) is 31.3 Å². The smallest absolute Gasteiger partial charge is 0.303 e. The van der Waals surface area contributed by atoms with E-state index in [4.69, 9.17) is 9.84 Å². The van der Waals surface area contributed by atoms with E-state index >= 15 is 0 Å². The minimum atomic E-state index is -0.822. The van der Waals surface area contributed by atoms with Crippen molar-refractivity contribution in [1.29, 1.82) is 0 Å². The van der Waals surface area contributed by atoms with Gasteiger partial charge in [-0.3, -0.25) is 4.79 Å². The van der Waals surface area contributed by atoms with Crippen LogP contribution in [0.4, 0.5) is 0 Å². The van der Waals surface area contributed by atoms with E-state index in [-0.39, 0.29) is 12.0 Å². The molecule has 0 heterocycles. The summed E-state index contributed by atoms with van der Waals surface area (Å²) in [4.78, 5) is 12.2. The second-order valence-electron chi connectivity index (χ2n) is 11.1. The number of hydrogen-bond donors (Lipinski definition) is 3. The molecule has 0 aliphatic rings. The summed E-state index contributed by atoms with van der Waals surface area (Å²) in [6.07, 6.45) is 3.22. The molecule has 0 aliphatic heterocycles. The lowest BCUT2D eigenvalue weighted by molar-refractivity contribution is -0.136. The average molecular weight is 565 g/mol. The van der Waals surface area contributed by atoms with Crippen LogP contribution < -0.4 is 10.1 Å². The maximum absolute atomic E-state index is 11.1. The third kappa shape index (κ3) is 10.3. The van der Waals surface area contributed by atoms with Crippen LogP contribution in [0, 0.1) is 6.92 Å². The van der Waals surface area contributed by atoms with Gasteiger partial charge < -0.3 is 20.3 Å². The Morgan fingerprint density at radius 3 is 2.50 bits per heavy atom. The van der Waals surface area contributed by atoms with Gasteiger partial charge in [0.2, 0.25) is 0 Å². The normalized spacial score (nSPS) is 12.5. The van der Waals surface area contributed by atoms with E-state index in [2.05, 4.69) is 72.9 Å². The molecule has 0 amide bonds. The first kappa shape index (κ1) is 31.7. The molecular formula is C33H44N2O4S. The number of rotatable bonds is 16. The Morgan fingerprint density at radius 1 is 1.07 bits per heavy atom. The number of nitrogens with one attached hydrogen (secondary N) is 1. The Balaban J connectivity index is 1.50. The Morgan fingerprint density at radius 2 is 1.82 bits per heavy atom. The molecule has 216 valence electrons. The van der Waals surface area contributed by atoms with Crippen LogP contribution in [0.3, 0.4) is 0 Å². The van der Waals surface area contributed by atoms with Crippen LogP contribution in [0.2, 0.25) is 0 Å². The summed E-state index contributed by atoms with van der Waals surface area (Å²) in [6, 6.07) is 22.8. The quantitative estimate of drug-likeness (QED) is 0.174. The molecule has 0 radical (unpaired) electrons. The third-order valence-corrected chi connectivity index (χ3v) is 7.98. The van der Waals surface area contributed by atoms with Crippen molar-refractivity contribution in [3.05, 3.63) is 83.4 Å². The van der Waals surface area contributed by atoms with Crippen molar-refractivity contribution in [1.82, 2.24) is 9.62 Å². The van der Waals surface area contributed by atoms with Crippen LogP contribution in [0.5, 0.6) is 5.75 Å². The van der Waals surface area contributed by atoms with E-state index < -0.39 is 12.1 Å². The lowest BCUT2D eigenvalue weighted by Crippen LogP contribution is -2.45. The maximum Gasteiger partial charge on any atom is 0.303 e. The number of methoxy groups -OCH3 is 1. The monoisotopic (exact) mass is 564 g/mol. The summed E-state index contributed by atoms with van der Waals surface area (Å²) in [5.41, 5.74) is 5.49. The largest absolute Gasteiger partial charge is 0.496 e. The predicted octanol–water partition coefficient (Wildman–Crippen LogP) is 6.38. The summed E-state index contributed by atoms with van der Waals surface area (Å²) in [7, 11) is 3.61. The van der Waals surface area contributed by atoms with Crippen molar-refractivity contribution in [2.24, 2.45) is 0 Å². The number of carbonyl (C=O) groups is 1. The molecule has 6 nitrogen and oxygen atoms in total. The highest BCUT2D eigenvalue weighted by molar-refractivity contribution is 7.97. The number of benzene rings is 3. The van der Waals surface area contributed by atoms with Crippen molar-refractivity contribution >= 4 is 17.9 Å².